The molecule has 0 radical (unpaired) electrons. The van der Waals surface area contributed by atoms with Crippen LogP contribution in [0, 0.1) is 6.92 Å². The fourth-order valence-corrected chi connectivity index (χ4v) is 3.57. The highest BCUT2D eigenvalue weighted by Crippen LogP contribution is 2.30. The van der Waals surface area contributed by atoms with Gasteiger partial charge in [0.1, 0.15) is 11.3 Å². The topological polar surface area (TPSA) is 84.4 Å². The summed E-state index contributed by atoms with van der Waals surface area (Å²) in [6.45, 7) is 8.18. The number of carbonyl (C=O) groups is 2. The molecule has 29 heavy (non-hydrogen) atoms. The van der Waals surface area contributed by atoms with Gasteiger partial charge in [0.2, 0.25) is 5.91 Å². The largest absolute Gasteiger partial charge is 0.367 e. The standard InChI is InChI=1S/C21H23ClN4O3/c1-5-20(27)26-10-13(3)29-18(11-26)14-7-17(25-19(22)9-14)16-8-15(21(28)23-4)6-12(2)24-16/h5-9,13,18H,1,10-11H2,2-4H3,(H,23,28)/t13-,18?/m0/s1. The second kappa shape index (κ2) is 8.71. The van der Waals surface area contributed by atoms with Crippen molar-refractivity contribution < 1.29 is 14.3 Å². The Hall–Kier alpha value is -2.77. The number of hydrogen-bond donors (Lipinski definition) is 1. The molecule has 1 aliphatic rings. The molecule has 1 fully saturated rings. The highest BCUT2D eigenvalue weighted by molar-refractivity contribution is 6.29. The maximum absolute atomic E-state index is 12.1. The molecule has 3 heterocycles. The van der Waals surface area contributed by atoms with E-state index in [0.717, 1.165) is 5.56 Å². The van der Waals surface area contributed by atoms with E-state index in [9.17, 15) is 9.59 Å². The summed E-state index contributed by atoms with van der Waals surface area (Å²) in [5.74, 6) is -0.344. The molecular weight excluding hydrogens is 392 g/mol. The van der Waals surface area contributed by atoms with Gasteiger partial charge in [0.15, 0.2) is 0 Å². The predicted molar refractivity (Wildman–Crippen MR) is 111 cm³/mol. The number of amides is 2. The molecule has 2 aromatic heterocycles. The average molecular weight is 415 g/mol. The third-order valence-corrected chi connectivity index (χ3v) is 4.83. The van der Waals surface area contributed by atoms with E-state index >= 15 is 0 Å². The molecule has 0 saturated carbocycles. The highest BCUT2D eigenvalue weighted by Gasteiger charge is 2.29. The number of ether oxygens (including phenoxy) is 1. The van der Waals surface area contributed by atoms with Crippen LogP contribution in [0.3, 0.4) is 0 Å². The summed E-state index contributed by atoms with van der Waals surface area (Å²) in [5, 5.41) is 2.89. The maximum atomic E-state index is 12.1. The molecule has 2 amide bonds. The molecule has 1 unspecified atom stereocenters. The van der Waals surface area contributed by atoms with Crippen molar-refractivity contribution in [3.8, 4) is 11.4 Å². The van der Waals surface area contributed by atoms with Crippen LogP contribution < -0.4 is 5.32 Å². The van der Waals surface area contributed by atoms with Crippen molar-refractivity contribution in [1.82, 2.24) is 20.2 Å². The van der Waals surface area contributed by atoms with Crippen molar-refractivity contribution in [3.05, 3.63) is 58.9 Å². The lowest BCUT2D eigenvalue weighted by Crippen LogP contribution is -2.45. The third-order valence-electron chi connectivity index (χ3n) is 4.64. The van der Waals surface area contributed by atoms with Crippen molar-refractivity contribution in [1.29, 1.82) is 0 Å². The van der Waals surface area contributed by atoms with E-state index in [1.165, 1.54) is 6.08 Å². The fraction of sp³-hybridized carbons (Fsp3) is 0.333. The summed E-state index contributed by atoms with van der Waals surface area (Å²) in [6, 6.07) is 6.94. The van der Waals surface area contributed by atoms with Crippen LogP contribution in [0.1, 0.15) is 34.6 Å². The Labute approximate surface area is 174 Å². The van der Waals surface area contributed by atoms with Crippen LogP contribution in [0.4, 0.5) is 0 Å². The van der Waals surface area contributed by atoms with Gasteiger partial charge in [-0.2, -0.15) is 0 Å². The third kappa shape index (κ3) is 4.81. The molecule has 0 aromatic carbocycles. The van der Waals surface area contributed by atoms with E-state index in [1.54, 1.807) is 30.1 Å². The van der Waals surface area contributed by atoms with Gasteiger partial charge in [0.25, 0.3) is 5.91 Å². The molecular formula is C21H23ClN4O3. The number of pyridine rings is 2. The first-order valence-electron chi connectivity index (χ1n) is 9.26. The van der Waals surface area contributed by atoms with Crippen LogP contribution in [0.5, 0.6) is 0 Å². The summed E-state index contributed by atoms with van der Waals surface area (Å²) in [7, 11) is 1.57. The van der Waals surface area contributed by atoms with Gasteiger partial charge >= 0.3 is 0 Å². The number of aromatic nitrogens is 2. The van der Waals surface area contributed by atoms with Crippen LogP contribution in [0.2, 0.25) is 5.15 Å². The Bertz CT molecular complexity index is 963. The first-order valence-corrected chi connectivity index (χ1v) is 9.64. The quantitative estimate of drug-likeness (QED) is 0.614. The number of nitrogens with one attached hydrogen (secondary N) is 1. The average Bonchev–Trinajstić information content (AvgIpc) is 2.71. The Morgan fingerprint density at radius 3 is 2.66 bits per heavy atom. The molecule has 0 bridgehead atoms. The Kier molecular flexibility index (Phi) is 6.30. The van der Waals surface area contributed by atoms with Gasteiger partial charge < -0.3 is 15.0 Å². The molecule has 1 N–H and O–H groups in total. The number of carbonyl (C=O) groups excluding carboxylic acids is 2. The summed E-state index contributed by atoms with van der Waals surface area (Å²) >= 11 is 6.28. The van der Waals surface area contributed by atoms with Crippen molar-refractivity contribution in [3.63, 3.8) is 0 Å². The van der Waals surface area contributed by atoms with E-state index in [2.05, 4.69) is 21.9 Å². The summed E-state index contributed by atoms with van der Waals surface area (Å²) in [4.78, 5) is 34.7. The Morgan fingerprint density at radius 2 is 1.97 bits per heavy atom. The second-order valence-electron chi connectivity index (χ2n) is 6.95. The number of rotatable bonds is 4. The number of aryl methyl sites for hydroxylation is 1. The van der Waals surface area contributed by atoms with Gasteiger partial charge in [-0.15, -0.1) is 0 Å². The summed E-state index contributed by atoms with van der Waals surface area (Å²) < 4.78 is 6.05. The zero-order valence-corrected chi connectivity index (χ0v) is 17.4. The van der Waals surface area contributed by atoms with Gasteiger partial charge in [-0.1, -0.05) is 18.2 Å². The van der Waals surface area contributed by atoms with Crippen LogP contribution in [0.25, 0.3) is 11.4 Å². The van der Waals surface area contributed by atoms with Crippen LogP contribution >= 0.6 is 11.6 Å². The number of morpholine rings is 1. The molecule has 1 saturated heterocycles. The molecule has 1 aliphatic heterocycles. The van der Waals surface area contributed by atoms with Gasteiger partial charge in [-0.25, -0.2) is 4.98 Å². The highest BCUT2D eigenvalue weighted by atomic mass is 35.5. The Morgan fingerprint density at radius 1 is 1.24 bits per heavy atom. The Balaban J connectivity index is 1.99. The van der Waals surface area contributed by atoms with E-state index in [-0.39, 0.29) is 29.2 Å². The lowest BCUT2D eigenvalue weighted by atomic mass is 10.0. The monoisotopic (exact) mass is 414 g/mol. The SMILES string of the molecule is C=CC(=O)N1CC(c2cc(Cl)nc(-c3cc(C(=O)NC)cc(C)n3)c2)O[C@@H](C)C1. The first-order chi connectivity index (χ1) is 13.8. The molecule has 7 nitrogen and oxygen atoms in total. The minimum Gasteiger partial charge on any atom is -0.367 e. The molecule has 2 aromatic rings. The first kappa shape index (κ1) is 21.0. The number of nitrogens with zero attached hydrogens (tertiary/aromatic N) is 3. The lowest BCUT2D eigenvalue weighted by Gasteiger charge is -2.36. The van der Waals surface area contributed by atoms with Crippen molar-refractivity contribution in [2.75, 3.05) is 20.1 Å². The number of halogens is 1. The summed E-state index contributed by atoms with van der Waals surface area (Å²) in [6.07, 6.45) is 0.812. The van der Waals surface area contributed by atoms with Crippen molar-refractivity contribution in [2.45, 2.75) is 26.1 Å². The predicted octanol–water partition coefficient (Wildman–Crippen LogP) is 2.94. The molecule has 2 atom stereocenters. The maximum Gasteiger partial charge on any atom is 0.251 e. The smallest absolute Gasteiger partial charge is 0.251 e. The van der Waals surface area contributed by atoms with Gasteiger partial charge in [0.05, 0.1) is 24.0 Å². The fourth-order valence-electron chi connectivity index (χ4n) is 3.35. The van der Waals surface area contributed by atoms with Gasteiger partial charge in [0, 0.05) is 24.8 Å². The van der Waals surface area contributed by atoms with Crippen LogP contribution in [-0.4, -0.2) is 52.9 Å². The number of hydrogen-bond acceptors (Lipinski definition) is 5. The summed E-state index contributed by atoms with van der Waals surface area (Å²) in [5.41, 5.74) is 3.04. The second-order valence-corrected chi connectivity index (χ2v) is 7.34. The van der Waals surface area contributed by atoms with E-state index < -0.39 is 0 Å². The van der Waals surface area contributed by atoms with E-state index in [4.69, 9.17) is 16.3 Å². The molecule has 8 heteroatoms. The minimum absolute atomic E-state index is 0.134. The van der Waals surface area contributed by atoms with Gasteiger partial charge in [-0.05, 0) is 49.8 Å². The molecule has 0 spiro atoms. The zero-order chi connectivity index (χ0) is 21.1. The van der Waals surface area contributed by atoms with Crippen molar-refractivity contribution >= 4 is 23.4 Å². The van der Waals surface area contributed by atoms with Crippen LogP contribution in [-0.2, 0) is 9.53 Å². The molecule has 152 valence electrons. The van der Waals surface area contributed by atoms with E-state index in [0.29, 0.717) is 35.7 Å². The van der Waals surface area contributed by atoms with E-state index in [1.807, 2.05) is 19.9 Å². The zero-order valence-electron chi connectivity index (χ0n) is 16.6. The van der Waals surface area contributed by atoms with Crippen LogP contribution in [0.15, 0.2) is 36.9 Å². The minimum atomic E-state index is -0.356. The molecule has 3 rings (SSSR count). The van der Waals surface area contributed by atoms with Gasteiger partial charge in [-0.3, -0.25) is 14.6 Å². The lowest BCUT2D eigenvalue weighted by molar-refractivity contribution is -0.139. The molecule has 0 aliphatic carbocycles. The van der Waals surface area contributed by atoms with Crippen molar-refractivity contribution in [2.24, 2.45) is 0 Å². The normalized spacial score (nSPS) is 19.0.